The Hall–Kier alpha value is 2.01. The van der Waals surface area contributed by atoms with E-state index in [0.717, 1.165) is 0 Å². The molecule has 0 amide bonds. The van der Waals surface area contributed by atoms with Crippen LogP contribution in [0.5, 0.6) is 0 Å². The molecule has 0 aromatic carbocycles. The second-order valence-electron chi connectivity index (χ2n) is 0. The maximum Gasteiger partial charge on any atom is 0 e. The van der Waals surface area contributed by atoms with Crippen LogP contribution in [0.4, 0.5) is 0 Å². The van der Waals surface area contributed by atoms with E-state index < -0.39 is 0 Å². The van der Waals surface area contributed by atoms with Gasteiger partial charge in [0.15, 0.2) is 0 Å². The van der Waals surface area contributed by atoms with Crippen LogP contribution in [0.25, 0.3) is 0 Å². The van der Waals surface area contributed by atoms with Crippen LogP contribution in [0.3, 0.4) is 0 Å². The summed E-state index contributed by atoms with van der Waals surface area (Å²) in [5.74, 6) is 0. The molecule has 0 bridgehead atoms. The molecule has 0 aliphatic rings. The summed E-state index contributed by atoms with van der Waals surface area (Å²) in [5.41, 5.74) is 0. The minimum absolute atomic E-state index is 0. The van der Waals surface area contributed by atoms with Crippen LogP contribution in [0, 0.1) is 0 Å². The van der Waals surface area contributed by atoms with E-state index in [2.05, 4.69) is 0 Å². The van der Waals surface area contributed by atoms with Crippen molar-refractivity contribution in [2.45, 2.75) is 0 Å². The van der Waals surface area contributed by atoms with Crippen LogP contribution in [0.15, 0.2) is 0 Å². The summed E-state index contributed by atoms with van der Waals surface area (Å²) in [7, 11) is 0. The fourth-order valence-corrected chi connectivity index (χ4v) is 0. The van der Waals surface area contributed by atoms with Crippen molar-refractivity contribution in [3.05, 3.63) is 0 Å². The maximum absolute atomic E-state index is 0. The molecule has 2 radical (unpaired) electrons. The molecule has 7 heavy (non-hydrogen) atoms. The van der Waals surface area contributed by atoms with Crippen LogP contribution < -0.4 is 0 Å². The van der Waals surface area contributed by atoms with E-state index in [1.807, 2.05) is 0 Å². The first kappa shape index (κ1) is 143. The first-order chi connectivity index (χ1) is 0. The molecular formula is H8Ag2O4W. The monoisotopic (exact) mass is 470 g/mol. The van der Waals surface area contributed by atoms with Crippen LogP contribution in [-0.4, -0.2) is 21.9 Å². The molecule has 7 heteroatoms. The van der Waals surface area contributed by atoms with E-state index >= 15 is 0 Å². The zero-order valence-electron chi connectivity index (χ0n) is 3.01. The van der Waals surface area contributed by atoms with Gasteiger partial charge in [0.25, 0.3) is 0 Å². The van der Waals surface area contributed by atoms with Gasteiger partial charge in [-0.05, 0) is 0 Å². The molecule has 0 aromatic heterocycles. The van der Waals surface area contributed by atoms with E-state index in [1.54, 1.807) is 0 Å². The Balaban J connectivity index is 0. The minimum Gasteiger partial charge on any atom is -0.412 e. The van der Waals surface area contributed by atoms with E-state index in [1.165, 1.54) is 0 Å². The Morgan fingerprint density at radius 3 is 0.429 bits per heavy atom. The van der Waals surface area contributed by atoms with Gasteiger partial charge in [-0.3, -0.25) is 0 Å². The summed E-state index contributed by atoms with van der Waals surface area (Å²) in [4.78, 5) is 0. The fourth-order valence-electron chi connectivity index (χ4n) is 0. The van der Waals surface area contributed by atoms with Crippen molar-refractivity contribution in [3.8, 4) is 0 Å². The predicted molar refractivity (Wildman–Crippen MR) is 14.5 cm³/mol. The molecule has 60 valence electrons. The zero-order chi connectivity index (χ0) is 0. The average Bonchev–Trinajstić information content (AvgIpc) is 0. The topological polar surface area (TPSA) is 126 Å². The Bertz CT molecular complexity index is 9.65. The first-order valence-corrected chi connectivity index (χ1v) is 0. The zero-order valence-corrected chi connectivity index (χ0v) is 8.91. The summed E-state index contributed by atoms with van der Waals surface area (Å²) in [6, 6.07) is 0. The maximum atomic E-state index is 0. The Labute approximate surface area is 86.9 Å². The molecule has 0 unspecified atom stereocenters. The molecule has 0 heterocycles. The molecule has 4 nitrogen and oxygen atoms in total. The van der Waals surface area contributed by atoms with Gasteiger partial charge >= 0.3 is 0 Å². The molecule has 0 aliphatic heterocycles. The Morgan fingerprint density at radius 2 is 0.429 bits per heavy atom. The quantitative estimate of drug-likeness (QED) is 0.328. The van der Waals surface area contributed by atoms with Gasteiger partial charge < -0.3 is 21.9 Å². The van der Waals surface area contributed by atoms with E-state index in [9.17, 15) is 0 Å². The second kappa shape index (κ2) is 97.5. The van der Waals surface area contributed by atoms with Gasteiger partial charge in [0, 0.05) is 65.8 Å². The standard InChI is InChI=1S/2Ag.4H2O.W/h;;4*1H2;. The normalized spacial score (nSPS) is 0. The van der Waals surface area contributed by atoms with E-state index in [4.69, 9.17) is 0 Å². The predicted octanol–water partition coefficient (Wildman–Crippen LogP) is -3.31. The minimum atomic E-state index is 0. The van der Waals surface area contributed by atoms with Crippen molar-refractivity contribution in [2.24, 2.45) is 0 Å². The second-order valence-corrected chi connectivity index (χ2v) is 0. The molecule has 0 atom stereocenters. The third kappa shape index (κ3) is 71.7. The first-order valence-electron chi connectivity index (χ1n) is 0. The van der Waals surface area contributed by atoms with Crippen LogP contribution >= 0.6 is 0 Å². The van der Waals surface area contributed by atoms with Crippen molar-refractivity contribution < 1.29 is 87.7 Å². The molecular weight excluding hydrogens is 464 g/mol. The summed E-state index contributed by atoms with van der Waals surface area (Å²) < 4.78 is 0. The number of hydrogen-bond acceptors (Lipinski definition) is 0. The van der Waals surface area contributed by atoms with Crippen LogP contribution in [-0.2, 0) is 65.8 Å². The molecule has 8 N–H and O–H groups in total. The summed E-state index contributed by atoms with van der Waals surface area (Å²) >= 11 is 0. The van der Waals surface area contributed by atoms with Gasteiger partial charge in [0.2, 0.25) is 0 Å². The van der Waals surface area contributed by atoms with E-state index in [-0.39, 0.29) is 87.7 Å². The van der Waals surface area contributed by atoms with Gasteiger partial charge in [-0.1, -0.05) is 0 Å². The number of hydrogen-bond donors (Lipinski definition) is 0. The van der Waals surface area contributed by atoms with Gasteiger partial charge in [-0.15, -0.1) is 0 Å². The Morgan fingerprint density at radius 1 is 0.429 bits per heavy atom. The van der Waals surface area contributed by atoms with Crippen LogP contribution in [0.2, 0.25) is 0 Å². The van der Waals surface area contributed by atoms with Crippen molar-refractivity contribution in [3.63, 3.8) is 0 Å². The number of rotatable bonds is 0. The SMILES string of the molecule is O.O.O.O.[Ag].[Ag].[W]. The fraction of sp³-hybridized carbons (Fsp3) is 0. The van der Waals surface area contributed by atoms with Crippen molar-refractivity contribution in [1.82, 2.24) is 0 Å². The van der Waals surface area contributed by atoms with Gasteiger partial charge in [0.05, 0.1) is 0 Å². The summed E-state index contributed by atoms with van der Waals surface area (Å²) in [5, 5.41) is 0. The molecule has 0 rings (SSSR count). The molecule has 0 saturated carbocycles. The smallest absolute Gasteiger partial charge is 0 e. The van der Waals surface area contributed by atoms with Gasteiger partial charge in [-0.2, -0.15) is 0 Å². The van der Waals surface area contributed by atoms with Crippen molar-refractivity contribution >= 4 is 0 Å². The summed E-state index contributed by atoms with van der Waals surface area (Å²) in [6.07, 6.45) is 0. The molecule has 0 saturated heterocycles. The van der Waals surface area contributed by atoms with Crippen LogP contribution in [0.1, 0.15) is 0 Å². The average molecular weight is 472 g/mol. The van der Waals surface area contributed by atoms with Crippen molar-refractivity contribution in [1.29, 1.82) is 0 Å². The summed E-state index contributed by atoms with van der Waals surface area (Å²) in [6.45, 7) is 0. The molecule has 0 spiro atoms. The molecule has 0 aliphatic carbocycles. The third-order valence-electron chi connectivity index (χ3n) is 0. The molecule has 0 fully saturated rings. The Kier molecular flexibility index (Phi) is 1990. The molecule has 0 aromatic rings. The van der Waals surface area contributed by atoms with E-state index in [0.29, 0.717) is 0 Å². The van der Waals surface area contributed by atoms with Gasteiger partial charge in [-0.25, -0.2) is 0 Å². The largest absolute Gasteiger partial charge is 0.412 e. The van der Waals surface area contributed by atoms with Crippen molar-refractivity contribution in [2.75, 3.05) is 0 Å². The third-order valence-corrected chi connectivity index (χ3v) is 0. The van der Waals surface area contributed by atoms with Gasteiger partial charge in [0.1, 0.15) is 0 Å².